The molecular weight excluding hydrogens is 277 g/mol. The molecule has 0 fully saturated rings. The summed E-state index contributed by atoms with van der Waals surface area (Å²) in [7, 11) is -1.87. The molecule has 0 bridgehead atoms. The zero-order chi connectivity index (χ0) is 15.8. The lowest BCUT2D eigenvalue weighted by molar-refractivity contribution is -0.146. The lowest BCUT2D eigenvalue weighted by Gasteiger charge is -2.27. The lowest BCUT2D eigenvalue weighted by Crippen LogP contribution is -2.46. The van der Waals surface area contributed by atoms with Crippen molar-refractivity contribution in [1.29, 1.82) is 0 Å². The molecule has 1 atom stereocenters. The van der Waals surface area contributed by atoms with Gasteiger partial charge in [0.1, 0.15) is 11.3 Å². The van der Waals surface area contributed by atoms with Crippen molar-refractivity contribution in [1.82, 2.24) is 5.09 Å². The van der Waals surface area contributed by atoms with Gasteiger partial charge < -0.3 is 9.26 Å². The van der Waals surface area contributed by atoms with Gasteiger partial charge in [-0.25, -0.2) is 5.09 Å². The molecule has 1 aromatic carbocycles. The molecule has 5 nitrogen and oxygen atoms in total. The maximum Gasteiger partial charge on any atom is 0.325 e. The third-order valence-corrected chi connectivity index (χ3v) is 3.73. The first-order valence-electron chi connectivity index (χ1n) is 6.47. The number of carbonyl (C=O) groups is 1. The van der Waals surface area contributed by atoms with Gasteiger partial charge in [0.25, 0.3) is 0 Å². The zero-order valence-corrected chi connectivity index (χ0v) is 13.9. The van der Waals surface area contributed by atoms with Crippen LogP contribution >= 0.6 is 7.52 Å². The average molecular weight is 301 g/mol. The molecule has 20 heavy (non-hydrogen) atoms. The number of methoxy groups -OCH3 is 1. The number of nitrogens with one attached hydrogen (secondary N) is 1. The van der Waals surface area contributed by atoms with Gasteiger partial charge in [-0.3, -0.25) is 9.36 Å². The van der Waals surface area contributed by atoms with E-state index >= 15 is 0 Å². The normalized spacial score (nSPS) is 13.5. The number of benzene rings is 1. The highest BCUT2D eigenvalue weighted by Crippen LogP contribution is 2.41. The van der Waals surface area contributed by atoms with Crippen molar-refractivity contribution in [2.45, 2.75) is 33.2 Å². The molecule has 0 heterocycles. The zero-order valence-electron chi connectivity index (χ0n) is 13.0. The van der Waals surface area contributed by atoms with Crippen LogP contribution in [0.25, 0.3) is 0 Å². The fraction of sp³-hybridized carbons (Fsp3) is 0.500. The number of carbonyl (C=O) groups excluding carboxylic acids is 1. The van der Waals surface area contributed by atoms with E-state index in [-0.39, 0.29) is 0 Å². The standard InChI is InChI=1S/C12H18NO4P.C2H6/c1-12(2,11(14)16-3)13-18(4,15)17-10-8-6-5-7-9-10;1-2/h5-9H,1-4H3,(H,13,15);1-2H3. The van der Waals surface area contributed by atoms with Crippen molar-refractivity contribution >= 4 is 13.5 Å². The van der Waals surface area contributed by atoms with E-state index in [0.717, 1.165) is 0 Å². The van der Waals surface area contributed by atoms with Crippen LogP contribution in [0, 0.1) is 0 Å². The summed E-state index contributed by atoms with van der Waals surface area (Å²) in [6.45, 7) is 8.59. The van der Waals surface area contributed by atoms with E-state index in [1.54, 1.807) is 38.1 Å². The molecule has 0 aliphatic heterocycles. The second-order valence-electron chi connectivity index (χ2n) is 4.48. The fourth-order valence-corrected chi connectivity index (χ4v) is 3.19. The summed E-state index contributed by atoms with van der Waals surface area (Å²) in [5.74, 6) is -0.0160. The molecule has 0 saturated carbocycles. The first kappa shape index (κ1) is 18.7. The average Bonchev–Trinajstić information content (AvgIpc) is 2.39. The quantitative estimate of drug-likeness (QED) is 0.666. The van der Waals surface area contributed by atoms with Crippen molar-refractivity contribution in [2.24, 2.45) is 0 Å². The second kappa shape index (κ2) is 8.08. The molecule has 0 saturated heterocycles. The number of hydrogen-bond donors (Lipinski definition) is 1. The van der Waals surface area contributed by atoms with Crippen molar-refractivity contribution in [3.63, 3.8) is 0 Å². The van der Waals surface area contributed by atoms with Crippen LogP contribution in [-0.2, 0) is 14.1 Å². The molecule has 1 unspecified atom stereocenters. The van der Waals surface area contributed by atoms with Gasteiger partial charge in [0.15, 0.2) is 0 Å². The van der Waals surface area contributed by atoms with Gasteiger partial charge in [-0.1, -0.05) is 32.0 Å². The first-order valence-corrected chi connectivity index (χ1v) is 8.54. The summed E-state index contributed by atoms with van der Waals surface area (Å²) in [4.78, 5) is 11.5. The Morgan fingerprint density at radius 2 is 1.70 bits per heavy atom. The Hall–Kier alpha value is -1.32. The summed E-state index contributed by atoms with van der Waals surface area (Å²) in [5.41, 5.74) is -1.08. The number of ether oxygens (including phenoxy) is 1. The molecule has 1 aromatic rings. The summed E-state index contributed by atoms with van der Waals surface area (Å²) in [6.07, 6.45) is 0. The topological polar surface area (TPSA) is 64.6 Å². The van der Waals surface area contributed by atoms with Gasteiger partial charge >= 0.3 is 13.5 Å². The van der Waals surface area contributed by atoms with Crippen molar-refractivity contribution in [3.8, 4) is 5.75 Å². The molecule has 0 aliphatic carbocycles. The third-order valence-electron chi connectivity index (χ3n) is 2.20. The van der Waals surface area contributed by atoms with Crippen molar-refractivity contribution in [2.75, 3.05) is 13.8 Å². The van der Waals surface area contributed by atoms with Crippen molar-refractivity contribution < 1.29 is 18.6 Å². The highest BCUT2D eigenvalue weighted by Gasteiger charge is 2.35. The summed E-state index contributed by atoms with van der Waals surface area (Å²) in [5, 5.41) is 2.69. The van der Waals surface area contributed by atoms with Crippen LogP contribution in [0.5, 0.6) is 5.75 Å². The monoisotopic (exact) mass is 301 g/mol. The molecule has 0 aliphatic rings. The molecule has 0 amide bonds. The minimum atomic E-state index is -3.15. The van der Waals surface area contributed by atoms with Gasteiger partial charge in [0, 0.05) is 6.66 Å². The minimum absolute atomic E-state index is 0.483. The third kappa shape index (κ3) is 6.22. The van der Waals surface area contributed by atoms with E-state index in [1.165, 1.54) is 13.8 Å². The molecule has 1 rings (SSSR count). The fourth-order valence-electron chi connectivity index (χ4n) is 1.51. The van der Waals surface area contributed by atoms with Crippen LogP contribution < -0.4 is 9.61 Å². The molecule has 0 radical (unpaired) electrons. The van der Waals surface area contributed by atoms with E-state index in [0.29, 0.717) is 5.75 Å². The molecule has 114 valence electrons. The van der Waals surface area contributed by atoms with E-state index < -0.39 is 19.0 Å². The van der Waals surface area contributed by atoms with E-state index in [4.69, 9.17) is 4.52 Å². The minimum Gasteiger partial charge on any atom is -0.468 e. The predicted octanol–water partition coefficient (Wildman–Crippen LogP) is 3.46. The number of esters is 1. The summed E-state index contributed by atoms with van der Waals surface area (Å²) in [6, 6.07) is 8.78. The largest absolute Gasteiger partial charge is 0.468 e. The van der Waals surface area contributed by atoms with Gasteiger partial charge in [-0.15, -0.1) is 0 Å². The number of rotatable bonds is 5. The van der Waals surface area contributed by atoms with E-state index in [9.17, 15) is 9.36 Å². The van der Waals surface area contributed by atoms with E-state index in [2.05, 4.69) is 9.82 Å². The van der Waals surface area contributed by atoms with Gasteiger partial charge in [-0.05, 0) is 26.0 Å². The van der Waals surface area contributed by atoms with Gasteiger partial charge in [0.2, 0.25) is 0 Å². The number of hydrogen-bond acceptors (Lipinski definition) is 4. The molecule has 6 heteroatoms. The smallest absolute Gasteiger partial charge is 0.325 e. The lowest BCUT2D eigenvalue weighted by atomic mass is 10.1. The van der Waals surface area contributed by atoms with Crippen LogP contribution in [-0.4, -0.2) is 25.3 Å². The first-order chi connectivity index (χ1) is 9.27. The maximum atomic E-state index is 12.3. The van der Waals surface area contributed by atoms with Crippen LogP contribution in [0.4, 0.5) is 0 Å². The Kier molecular flexibility index (Phi) is 7.54. The number of para-hydroxylation sites is 1. The summed E-state index contributed by atoms with van der Waals surface area (Å²) >= 11 is 0. The predicted molar refractivity (Wildman–Crippen MR) is 81.2 cm³/mol. The van der Waals surface area contributed by atoms with E-state index in [1.807, 2.05) is 19.9 Å². The van der Waals surface area contributed by atoms with Gasteiger partial charge in [-0.2, -0.15) is 0 Å². The Labute approximate surface area is 121 Å². The highest BCUT2D eigenvalue weighted by molar-refractivity contribution is 7.56. The molecule has 0 spiro atoms. The Bertz CT molecular complexity index is 460. The van der Waals surface area contributed by atoms with Crippen LogP contribution in [0.2, 0.25) is 0 Å². The maximum absolute atomic E-state index is 12.3. The molecule has 0 aromatic heterocycles. The second-order valence-corrected chi connectivity index (χ2v) is 6.58. The van der Waals surface area contributed by atoms with Crippen LogP contribution in [0.15, 0.2) is 30.3 Å². The highest BCUT2D eigenvalue weighted by atomic mass is 31.2. The summed E-state index contributed by atoms with van der Waals surface area (Å²) < 4.78 is 22.3. The Morgan fingerprint density at radius 1 is 1.20 bits per heavy atom. The van der Waals surface area contributed by atoms with Crippen LogP contribution in [0.1, 0.15) is 27.7 Å². The molecule has 1 N–H and O–H groups in total. The van der Waals surface area contributed by atoms with Crippen molar-refractivity contribution in [3.05, 3.63) is 30.3 Å². The Balaban J connectivity index is 0.00000172. The molecular formula is C14H24NO4P. The van der Waals surface area contributed by atoms with Crippen LogP contribution in [0.3, 0.4) is 0 Å². The van der Waals surface area contributed by atoms with Gasteiger partial charge in [0.05, 0.1) is 7.11 Å². The Morgan fingerprint density at radius 3 is 2.15 bits per heavy atom. The SMILES string of the molecule is CC.COC(=O)C(C)(C)NP(C)(=O)Oc1ccccc1.